The van der Waals surface area contributed by atoms with Crippen molar-refractivity contribution in [1.29, 1.82) is 0 Å². The molecular formula is C4H9N4O+. The summed E-state index contributed by atoms with van der Waals surface area (Å²) in [6.45, 7) is 2.02. The first-order valence-electron chi connectivity index (χ1n) is 2.63. The number of aliphatic hydroxyl groups is 1. The fraction of sp³-hybridized carbons (Fsp3) is 0.750. The maximum Gasteiger partial charge on any atom is 0.561 e. The number of hydrazone groups is 1. The van der Waals surface area contributed by atoms with Crippen LogP contribution in [-0.2, 0) is 0 Å². The van der Waals surface area contributed by atoms with Crippen LogP contribution >= 0.6 is 0 Å². The van der Waals surface area contributed by atoms with Gasteiger partial charge in [0.2, 0.25) is 0 Å². The van der Waals surface area contributed by atoms with Crippen LogP contribution in [0.1, 0.15) is 6.92 Å². The van der Waals surface area contributed by atoms with Gasteiger partial charge in [-0.15, -0.1) is 0 Å². The van der Waals surface area contributed by atoms with E-state index < -0.39 is 6.23 Å². The zero-order chi connectivity index (χ0) is 6.85. The molecule has 0 radical (unpaired) electrons. The van der Waals surface area contributed by atoms with Crippen molar-refractivity contribution < 1.29 is 5.11 Å². The Labute approximate surface area is 53.3 Å². The van der Waals surface area contributed by atoms with Gasteiger partial charge in [0.15, 0.2) is 6.67 Å². The fourth-order valence-corrected chi connectivity index (χ4v) is 0.536. The molecule has 1 aliphatic heterocycles. The molecule has 0 bridgehead atoms. The predicted molar refractivity (Wildman–Crippen MR) is 31.8 cm³/mol. The highest BCUT2D eigenvalue weighted by Gasteiger charge is 2.27. The Hall–Kier alpha value is -0.900. The van der Waals surface area contributed by atoms with E-state index in [1.807, 2.05) is 0 Å². The monoisotopic (exact) mass is 129 g/mol. The van der Waals surface area contributed by atoms with Gasteiger partial charge in [-0.1, -0.05) is 5.01 Å². The van der Waals surface area contributed by atoms with Crippen LogP contribution in [0, 0.1) is 0 Å². The Bertz CT molecular complexity index is 124. The summed E-state index contributed by atoms with van der Waals surface area (Å²) in [5.41, 5.74) is 0. The normalized spacial score (nSPS) is 20.3. The summed E-state index contributed by atoms with van der Waals surface area (Å²) < 4.78 is 0. The summed E-state index contributed by atoms with van der Waals surface area (Å²) in [6.07, 6.45) is 1.86. The number of hydrogen-bond acceptors (Lipinski definition) is 5. The molecule has 0 saturated carbocycles. The van der Waals surface area contributed by atoms with Gasteiger partial charge in [0.25, 0.3) is 0 Å². The van der Waals surface area contributed by atoms with E-state index in [-0.39, 0.29) is 0 Å². The van der Waals surface area contributed by atoms with Crippen LogP contribution in [0.15, 0.2) is 5.10 Å². The number of nitrogens with two attached hydrogens (primary N) is 1. The first-order valence-corrected chi connectivity index (χ1v) is 2.63. The minimum atomic E-state index is -0.592. The van der Waals surface area contributed by atoms with Gasteiger partial charge in [0, 0.05) is 0 Å². The van der Waals surface area contributed by atoms with Gasteiger partial charge in [-0.2, -0.15) is 5.01 Å². The predicted octanol–water partition coefficient (Wildman–Crippen LogP) is -1.41. The number of hydrogen-bond donors (Lipinski definition) is 2. The molecule has 1 aliphatic rings. The standard InChI is InChI=1S/C4H9N4O/c1-4(9)8-3-7(5)2-6-8/h4,9H,3,5H2,1H3/q+1. The summed E-state index contributed by atoms with van der Waals surface area (Å²) in [7, 11) is 0. The summed E-state index contributed by atoms with van der Waals surface area (Å²) in [6, 6.07) is 0. The lowest BCUT2D eigenvalue weighted by Crippen LogP contribution is -2.35. The molecule has 5 nitrogen and oxygen atoms in total. The number of aliphatic hydroxyl groups excluding tert-OH is 1. The molecule has 0 amide bonds. The molecule has 1 atom stereocenters. The minimum absolute atomic E-state index is 0.400. The van der Waals surface area contributed by atoms with Crippen LogP contribution in [0.25, 0.3) is 0 Å². The first-order chi connectivity index (χ1) is 4.20. The smallest absolute Gasteiger partial charge is 0.372 e. The van der Waals surface area contributed by atoms with Crippen molar-refractivity contribution in [3.63, 3.8) is 0 Å². The largest absolute Gasteiger partial charge is 0.561 e. The number of hydrazine groups is 1. The van der Waals surface area contributed by atoms with E-state index in [4.69, 9.17) is 10.9 Å². The van der Waals surface area contributed by atoms with Crippen molar-refractivity contribution in [3.8, 4) is 0 Å². The van der Waals surface area contributed by atoms with Gasteiger partial charge in [-0.05, 0) is 6.92 Å². The van der Waals surface area contributed by atoms with E-state index in [0.717, 1.165) is 0 Å². The fourth-order valence-electron chi connectivity index (χ4n) is 0.536. The lowest BCUT2D eigenvalue weighted by Gasteiger charge is -2.10. The van der Waals surface area contributed by atoms with E-state index >= 15 is 0 Å². The minimum Gasteiger partial charge on any atom is -0.372 e. The second kappa shape index (κ2) is 2.14. The molecule has 5 heteroatoms. The number of nitrogens with zero attached hydrogens (tertiary/aromatic N) is 3. The van der Waals surface area contributed by atoms with E-state index in [2.05, 4.69) is 11.4 Å². The molecule has 1 unspecified atom stereocenters. The maximum atomic E-state index is 8.88. The van der Waals surface area contributed by atoms with Crippen LogP contribution in [0.5, 0.6) is 0 Å². The van der Waals surface area contributed by atoms with Crippen molar-refractivity contribution >= 4 is 6.34 Å². The molecule has 1 heterocycles. The summed E-state index contributed by atoms with van der Waals surface area (Å²) in [5, 5.41) is 15.2. The van der Waals surface area contributed by atoms with Crippen LogP contribution in [0.2, 0.25) is 0 Å². The Morgan fingerprint density at radius 3 is 2.78 bits per heavy atom. The van der Waals surface area contributed by atoms with Crippen molar-refractivity contribution in [3.05, 3.63) is 0 Å². The lowest BCUT2D eigenvalue weighted by molar-refractivity contribution is 0.0118. The van der Waals surface area contributed by atoms with Crippen molar-refractivity contribution in [2.75, 3.05) is 6.67 Å². The maximum absolute atomic E-state index is 8.88. The van der Waals surface area contributed by atoms with E-state index in [1.54, 1.807) is 6.92 Å². The average molecular weight is 129 g/mol. The van der Waals surface area contributed by atoms with Gasteiger partial charge in [-0.25, -0.2) is 5.84 Å². The van der Waals surface area contributed by atoms with Crippen LogP contribution < -0.4 is 5.84 Å². The second-order valence-electron chi connectivity index (χ2n) is 1.88. The first kappa shape index (κ1) is 6.22. The summed E-state index contributed by atoms with van der Waals surface area (Å²) in [5.74, 6) is 5.24. The third-order valence-corrected chi connectivity index (χ3v) is 1.03. The van der Waals surface area contributed by atoms with Gasteiger partial charge >= 0.3 is 6.34 Å². The van der Waals surface area contributed by atoms with Gasteiger partial charge in [-0.3, -0.25) is 0 Å². The highest BCUT2D eigenvalue weighted by atomic mass is 16.3. The average Bonchev–Trinajstić information content (AvgIpc) is 2.14. The quantitative estimate of drug-likeness (QED) is 0.337. The van der Waals surface area contributed by atoms with Crippen LogP contribution in [-0.4, -0.2) is 34.4 Å². The molecule has 9 heavy (non-hydrogen) atoms. The molecular weight excluding hydrogens is 120 g/mol. The van der Waals surface area contributed by atoms with Crippen LogP contribution in [0.4, 0.5) is 0 Å². The van der Waals surface area contributed by atoms with Crippen molar-refractivity contribution in [2.24, 2.45) is 10.9 Å². The topological polar surface area (TPSA) is 65.1 Å². The van der Waals surface area contributed by atoms with Gasteiger partial charge in [0.05, 0.1) is 0 Å². The van der Waals surface area contributed by atoms with Crippen LogP contribution in [0.3, 0.4) is 0 Å². The van der Waals surface area contributed by atoms with E-state index in [1.165, 1.54) is 10.0 Å². The molecule has 50 valence electrons. The zero-order valence-corrected chi connectivity index (χ0v) is 5.15. The SMILES string of the molecule is CC(O)N1CN(N)[C+]=N1. The van der Waals surface area contributed by atoms with Crippen molar-refractivity contribution in [2.45, 2.75) is 13.2 Å². The highest BCUT2D eigenvalue weighted by Crippen LogP contribution is 2.00. The van der Waals surface area contributed by atoms with Crippen molar-refractivity contribution in [1.82, 2.24) is 10.0 Å². The lowest BCUT2D eigenvalue weighted by atomic mass is 10.6. The van der Waals surface area contributed by atoms with Gasteiger partial charge in [0.1, 0.15) is 11.3 Å². The Morgan fingerprint density at radius 1 is 1.89 bits per heavy atom. The molecule has 3 N–H and O–H groups in total. The molecule has 0 aromatic heterocycles. The second-order valence-corrected chi connectivity index (χ2v) is 1.88. The molecule has 0 aliphatic carbocycles. The third-order valence-electron chi connectivity index (χ3n) is 1.03. The molecule has 0 aromatic rings. The molecule has 0 fully saturated rings. The Balaban J connectivity index is 2.41. The molecule has 0 aromatic carbocycles. The summed E-state index contributed by atoms with van der Waals surface area (Å²) in [4.78, 5) is 0. The highest BCUT2D eigenvalue weighted by molar-refractivity contribution is 5.54. The Kier molecular flexibility index (Phi) is 1.48. The molecule has 1 rings (SSSR count). The van der Waals surface area contributed by atoms with E-state index in [0.29, 0.717) is 6.67 Å². The van der Waals surface area contributed by atoms with Gasteiger partial charge < -0.3 is 5.11 Å². The zero-order valence-electron chi connectivity index (χ0n) is 5.15. The molecule has 0 spiro atoms. The molecule has 0 saturated heterocycles. The van der Waals surface area contributed by atoms with E-state index in [9.17, 15) is 0 Å². The Morgan fingerprint density at radius 2 is 2.56 bits per heavy atom. The third kappa shape index (κ3) is 1.26. The number of rotatable bonds is 1. The summed E-state index contributed by atoms with van der Waals surface area (Å²) >= 11 is 0.